The molecule has 1 aliphatic rings. The van der Waals surface area contributed by atoms with Crippen LogP contribution in [0.25, 0.3) is 6.08 Å². The second kappa shape index (κ2) is 13.5. The topological polar surface area (TPSA) is 106 Å². The molecule has 1 amide bonds. The van der Waals surface area contributed by atoms with Gasteiger partial charge in [-0.25, -0.2) is 0 Å². The summed E-state index contributed by atoms with van der Waals surface area (Å²) in [7, 11) is 4.75. The summed E-state index contributed by atoms with van der Waals surface area (Å²) in [5.41, 5.74) is 1.86. The van der Waals surface area contributed by atoms with Crippen LogP contribution in [-0.2, 0) is 22.5 Å². The van der Waals surface area contributed by atoms with Gasteiger partial charge in [0.1, 0.15) is 21.8 Å². The van der Waals surface area contributed by atoms with Crippen LogP contribution in [0, 0.1) is 18.3 Å². The second-order valence-electron chi connectivity index (χ2n) is 8.52. The van der Waals surface area contributed by atoms with Crippen LogP contribution in [0.3, 0.4) is 0 Å². The molecule has 1 aliphatic heterocycles. The number of nitrogens with one attached hydrogen (secondary N) is 1. The van der Waals surface area contributed by atoms with Crippen LogP contribution in [0.4, 0.5) is 5.82 Å². The highest BCUT2D eigenvalue weighted by atomic mass is 32.2. The number of benzene rings is 1. The molecular weight excluding hydrogens is 524 g/mol. The van der Waals surface area contributed by atoms with E-state index in [1.165, 1.54) is 16.7 Å². The van der Waals surface area contributed by atoms with Crippen molar-refractivity contribution in [2.24, 2.45) is 0 Å². The highest BCUT2D eigenvalue weighted by Crippen LogP contribution is 2.35. The average molecular weight is 557 g/mol. The first kappa shape index (κ1) is 29.2. The smallest absolute Gasteiger partial charge is 0.270 e. The van der Waals surface area contributed by atoms with E-state index >= 15 is 0 Å². The van der Waals surface area contributed by atoms with Gasteiger partial charge in [-0.15, -0.1) is 0 Å². The zero-order chi connectivity index (χ0) is 27.8. The lowest BCUT2D eigenvalue weighted by molar-refractivity contribution is -0.122. The molecule has 0 bridgehead atoms. The Bertz CT molecular complexity index is 1350. The van der Waals surface area contributed by atoms with Gasteiger partial charge < -0.3 is 19.5 Å². The summed E-state index contributed by atoms with van der Waals surface area (Å²) in [5.74, 6) is 1.63. The Morgan fingerprint density at radius 2 is 1.89 bits per heavy atom. The van der Waals surface area contributed by atoms with Gasteiger partial charge in [0.25, 0.3) is 11.5 Å². The van der Waals surface area contributed by atoms with Crippen molar-refractivity contribution in [2.75, 3.05) is 46.3 Å². The van der Waals surface area contributed by atoms with Crippen LogP contribution in [-0.4, -0.2) is 60.7 Å². The number of carbonyl (C=O) groups excluding carboxylic acids is 1. The van der Waals surface area contributed by atoms with E-state index in [2.05, 4.69) is 11.4 Å². The fourth-order valence-electron chi connectivity index (χ4n) is 4.16. The zero-order valence-corrected chi connectivity index (χ0v) is 23.9. The Kier molecular flexibility index (Phi) is 10.4. The van der Waals surface area contributed by atoms with Gasteiger partial charge >= 0.3 is 0 Å². The Labute approximate surface area is 232 Å². The number of thioether (sulfide) groups is 1. The number of aromatic nitrogens is 1. The molecule has 38 heavy (non-hydrogen) atoms. The molecule has 1 saturated heterocycles. The molecule has 1 fully saturated rings. The zero-order valence-electron chi connectivity index (χ0n) is 22.3. The summed E-state index contributed by atoms with van der Waals surface area (Å²) in [5, 5.41) is 13.2. The molecule has 3 rings (SSSR count). The van der Waals surface area contributed by atoms with Crippen molar-refractivity contribution in [3.63, 3.8) is 0 Å². The van der Waals surface area contributed by atoms with Gasteiger partial charge in [0.05, 0.1) is 32.3 Å². The summed E-state index contributed by atoms with van der Waals surface area (Å²) in [4.78, 5) is 28.3. The van der Waals surface area contributed by atoms with Crippen LogP contribution >= 0.6 is 24.0 Å². The number of rotatable bonds is 12. The van der Waals surface area contributed by atoms with Gasteiger partial charge in [-0.05, 0) is 49.1 Å². The molecule has 2 heterocycles. The first-order valence-electron chi connectivity index (χ1n) is 12.2. The Morgan fingerprint density at radius 1 is 1.16 bits per heavy atom. The third kappa shape index (κ3) is 6.20. The molecule has 2 aromatic rings. The van der Waals surface area contributed by atoms with Crippen molar-refractivity contribution in [1.29, 1.82) is 5.26 Å². The summed E-state index contributed by atoms with van der Waals surface area (Å²) < 4.78 is 17.9. The minimum absolute atomic E-state index is 0.0602. The van der Waals surface area contributed by atoms with Gasteiger partial charge in [-0.2, -0.15) is 5.26 Å². The highest BCUT2D eigenvalue weighted by molar-refractivity contribution is 8.26. The highest BCUT2D eigenvalue weighted by Gasteiger charge is 2.32. The molecule has 0 aliphatic carbocycles. The van der Waals surface area contributed by atoms with Crippen molar-refractivity contribution < 1.29 is 19.0 Å². The number of methoxy groups -OCH3 is 3. The number of hydrogen-bond acceptors (Lipinski definition) is 9. The summed E-state index contributed by atoms with van der Waals surface area (Å²) in [6.07, 6.45) is 3.06. The lowest BCUT2D eigenvalue weighted by atomic mass is 10.0. The van der Waals surface area contributed by atoms with E-state index in [0.29, 0.717) is 76.8 Å². The Balaban J connectivity index is 2.02. The first-order chi connectivity index (χ1) is 18.3. The summed E-state index contributed by atoms with van der Waals surface area (Å²) >= 11 is 6.62. The summed E-state index contributed by atoms with van der Waals surface area (Å²) in [6, 6.07) is 7.78. The van der Waals surface area contributed by atoms with Crippen LogP contribution in [0.5, 0.6) is 11.5 Å². The van der Waals surface area contributed by atoms with Crippen LogP contribution in [0.15, 0.2) is 27.9 Å². The van der Waals surface area contributed by atoms with E-state index < -0.39 is 0 Å². The number of anilines is 1. The number of carbonyl (C=O) groups is 1. The van der Waals surface area contributed by atoms with Gasteiger partial charge in [0.15, 0.2) is 11.5 Å². The fourth-order valence-corrected chi connectivity index (χ4v) is 5.45. The number of pyridine rings is 1. The molecule has 9 nitrogen and oxygen atoms in total. The maximum Gasteiger partial charge on any atom is 0.270 e. The van der Waals surface area contributed by atoms with E-state index in [4.69, 9.17) is 26.4 Å². The number of ether oxygens (including phenoxy) is 3. The molecular formula is C27H32N4O5S2. The van der Waals surface area contributed by atoms with E-state index in [0.717, 1.165) is 5.56 Å². The van der Waals surface area contributed by atoms with Crippen molar-refractivity contribution in [3.05, 3.63) is 55.7 Å². The third-order valence-corrected chi connectivity index (χ3v) is 7.52. The standard InChI is InChI=1S/C27H32N4O5S2/c1-6-11-30-24(29-10-9-18-7-8-21(35-4)22(14-18)36-5)19(17(2)20(16-28)25(30)32)15-23-26(33)31(12-13-34-3)27(37)38-23/h7-8,14-15,29H,6,9-13H2,1-5H3/b23-15+. The van der Waals surface area contributed by atoms with E-state index in [9.17, 15) is 14.9 Å². The predicted molar refractivity (Wildman–Crippen MR) is 154 cm³/mol. The van der Waals surface area contributed by atoms with E-state index in [1.807, 2.05) is 25.1 Å². The van der Waals surface area contributed by atoms with Crippen molar-refractivity contribution in [2.45, 2.75) is 33.2 Å². The molecule has 0 unspecified atom stereocenters. The molecule has 1 aromatic heterocycles. The number of nitriles is 1. The van der Waals surface area contributed by atoms with Crippen molar-refractivity contribution in [3.8, 4) is 17.6 Å². The molecule has 1 N–H and O–H groups in total. The molecule has 0 atom stereocenters. The number of hydrogen-bond donors (Lipinski definition) is 1. The molecule has 11 heteroatoms. The van der Waals surface area contributed by atoms with Crippen LogP contribution < -0.4 is 20.3 Å². The SMILES string of the molecule is CCCn1c(NCCc2ccc(OC)c(OC)c2)c(/C=C2/SC(=S)N(CCOC)C2=O)c(C)c(C#N)c1=O. The molecule has 202 valence electrons. The van der Waals surface area contributed by atoms with Gasteiger partial charge in [-0.3, -0.25) is 19.1 Å². The van der Waals surface area contributed by atoms with Gasteiger partial charge in [0.2, 0.25) is 0 Å². The largest absolute Gasteiger partial charge is 0.493 e. The Hall–Kier alpha value is -3.33. The monoisotopic (exact) mass is 556 g/mol. The molecule has 1 aromatic carbocycles. The first-order valence-corrected chi connectivity index (χ1v) is 13.4. The minimum Gasteiger partial charge on any atom is -0.493 e. The van der Waals surface area contributed by atoms with Crippen molar-refractivity contribution in [1.82, 2.24) is 9.47 Å². The predicted octanol–water partition coefficient (Wildman–Crippen LogP) is 3.96. The van der Waals surface area contributed by atoms with Crippen molar-refractivity contribution >= 4 is 46.1 Å². The fraction of sp³-hybridized carbons (Fsp3) is 0.407. The maximum absolute atomic E-state index is 13.2. The summed E-state index contributed by atoms with van der Waals surface area (Å²) in [6.45, 7) is 5.33. The molecule has 0 spiro atoms. The van der Waals surface area contributed by atoms with E-state index in [-0.39, 0.29) is 17.0 Å². The Morgan fingerprint density at radius 3 is 2.53 bits per heavy atom. The lowest BCUT2D eigenvalue weighted by Crippen LogP contribution is -2.31. The third-order valence-electron chi connectivity index (χ3n) is 6.14. The second-order valence-corrected chi connectivity index (χ2v) is 10.2. The van der Waals surface area contributed by atoms with Crippen LogP contribution in [0.2, 0.25) is 0 Å². The number of thiocarbonyl (C=S) groups is 1. The maximum atomic E-state index is 13.2. The molecule has 0 radical (unpaired) electrons. The van der Waals surface area contributed by atoms with E-state index in [1.54, 1.807) is 38.9 Å². The van der Waals surface area contributed by atoms with Crippen LogP contribution in [0.1, 0.15) is 35.6 Å². The molecule has 0 saturated carbocycles. The van der Waals surface area contributed by atoms with Gasteiger partial charge in [-0.1, -0.05) is 37.0 Å². The van der Waals surface area contributed by atoms with Gasteiger partial charge in [0, 0.05) is 25.8 Å². The normalized spacial score (nSPS) is 14.2. The lowest BCUT2D eigenvalue weighted by Gasteiger charge is -2.20. The average Bonchev–Trinajstić information content (AvgIpc) is 3.18. The number of amides is 1. The number of nitrogens with zero attached hydrogens (tertiary/aromatic N) is 3. The quantitative estimate of drug-likeness (QED) is 0.307. The minimum atomic E-state index is -0.356.